The van der Waals surface area contributed by atoms with E-state index in [0.717, 1.165) is 11.9 Å². The summed E-state index contributed by atoms with van der Waals surface area (Å²) >= 11 is 0. The zero-order valence-corrected chi connectivity index (χ0v) is 11.3. The summed E-state index contributed by atoms with van der Waals surface area (Å²) < 4.78 is 0. The summed E-state index contributed by atoms with van der Waals surface area (Å²) in [7, 11) is 0. The van der Waals surface area contributed by atoms with Crippen LogP contribution in [0.5, 0.6) is 0 Å². The van der Waals surface area contributed by atoms with Crippen LogP contribution >= 0.6 is 0 Å². The van der Waals surface area contributed by atoms with Crippen LogP contribution in [0.1, 0.15) is 36.8 Å². The van der Waals surface area contributed by atoms with Gasteiger partial charge in [0.2, 0.25) is 0 Å². The van der Waals surface area contributed by atoms with E-state index < -0.39 is 17.2 Å². The normalized spacial score (nSPS) is 11.3. The van der Waals surface area contributed by atoms with E-state index in [0.29, 0.717) is 5.82 Å². The Balaban J connectivity index is 2.22. The van der Waals surface area contributed by atoms with Gasteiger partial charge in [0, 0.05) is 23.4 Å². The zero-order chi connectivity index (χ0) is 14.9. The van der Waals surface area contributed by atoms with Crippen LogP contribution in [0.4, 0.5) is 5.82 Å². The van der Waals surface area contributed by atoms with Crippen molar-refractivity contribution < 1.29 is 4.79 Å². The molecule has 4 N–H and O–H groups in total. The second-order valence-corrected chi connectivity index (χ2v) is 5.36. The standard InChI is InChI=1S/C12H15N5O3/c1-12(2,3)7-4-8(17-16-7)14-9(18)6-5-13-11(20)15-10(6)19/h4-5H,1-3H3,(H2,13,15,19,20)(H2,14,16,17,18). The molecule has 20 heavy (non-hydrogen) atoms. The first-order chi connectivity index (χ1) is 9.27. The minimum atomic E-state index is -0.752. The molecule has 0 spiro atoms. The molecule has 0 unspecified atom stereocenters. The second-order valence-electron chi connectivity index (χ2n) is 5.36. The molecule has 0 fully saturated rings. The van der Waals surface area contributed by atoms with Gasteiger partial charge in [0.1, 0.15) is 5.56 Å². The number of amides is 1. The number of carbonyl (C=O) groups excluding carboxylic acids is 1. The first-order valence-corrected chi connectivity index (χ1v) is 5.96. The quantitative estimate of drug-likeness (QED) is 0.631. The summed E-state index contributed by atoms with van der Waals surface area (Å²) in [6.45, 7) is 6.00. The topological polar surface area (TPSA) is 124 Å². The first-order valence-electron chi connectivity index (χ1n) is 5.96. The Bertz CT molecular complexity index is 747. The van der Waals surface area contributed by atoms with Gasteiger partial charge in [-0.2, -0.15) is 5.10 Å². The van der Waals surface area contributed by atoms with Crippen LogP contribution in [0.2, 0.25) is 0 Å². The predicted molar refractivity (Wildman–Crippen MR) is 72.9 cm³/mol. The lowest BCUT2D eigenvalue weighted by Gasteiger charge is -2.14. The molecule has 0 aliphatic rings. The van der Waals surface area contributed by atoms with E-state index in [4.69, 9.17) is 0 Å². The molecule has 2 heterocycles. The van der Waals surface area contributed by atoms with Gasteiger partial charge >= 0.3 is 5.69 Å². The first kappa shape index (κ1) is 13.8. The molecule has 8 heteroatoms. The molecule has 2 aromatic rings. The Morgan fingerprint density at radius 2 is 2.00 bits per heavy atom. The van der Waals surface area contributed by atoms with Crippen molar-refractivity contribution in [3.63, 3.8) is 0 Å². The lowest BCUT2D eigenvalue weighted by Crippen LogP contribution is -2.29. The molecule has 0 saturated carbocycles. The highest BCUT2D eigenvalue weighted by atomic mass is 16.2. The molecule has 2 rings (SSSR count). The fourth-order valence-corrected chi connectivity index (χ4v) is 1.53. The Hall–Kier alpha value is -2.64. The average molecular weight is 277 g/mol. The smallest absolute Gasteiger partial charge is 0.313 e. The Kier molecular flexibility index (Phi) is 3.31. The molecule has 106 valence electrons. The van der Waals surface area contributed by atoms with Crippen LogP contribution in [0, 0.1) is 0 Å². The Morgan fingerprint density at radius 3 is 2.55 bits per heavy atom. The van der Waals surface area contributed by atoms with Crippen molar-refractivity contribution in [2.45, 2.75) is 26.2 Å². The zero-order valence-electron chi connectivity index (χ0n) is 11.3. The molecule has 0 radical (unpaired) electrons. The third kappa shape index (κ3) is 2.85. The van der Waals surface area contributed by atoms with Gasteiger partial charge in [0.15, 0.2) is 5.82 Å². The second kappa shape index (κ2) is 4.80. The van der Waals surface area contributed by atoms with Crippen molar-refractivity contribution in [3.8, 4) is 0 Å². The van der Waals surface area contributed by atoms with Gasteiger partial charge in [-0.25, -0.2) is 4.79 Å². The number of anilines is 1. The third-order valence-electron chi connectivity index (χ3n) is 2.69. The number of rotatable bonds is 2. The highest BCUT2D eigenvalue weighted by Gasteiger charge is 2.18. The van der Waals surface area contributed by atoms with E-state index >= 15 is 0 Å². The molecule has 0 atom stereocenters. The molecule has 0 aromatic carbocycles. The molecule has 0 bridgehead atoms. The Labute approximate surface area is 113 Å². The number of nitrogens with zero attached hydrogens (tertiary/aromatic N) is 1. The Morgan fingerprint density at radius 1 is 1.30 bits per heavy atom. The van der Waals surface area contributed by atoms with Crippen LogP contribution < -0.4 is 16.6 Å². The number of nitrogens with one attached hydrogen (secondary N) is 4. The third-order valence-corrected chi connectivity index (χ3v) is 2.69. The summed E-state index contributed by atoms with van der Waals surface area (Å²) in [4.78, 5) is 38.5. The van der Waals surface area contributed by atoms with E-state index in [1.54, 1.807) is 6.07 Å². The number of hydrogen-bond acceptors (Lipinski definition) is 4. The molecular weight excluding hydrogens is 262 g/mol. The highest BCUT2D eigenvalue weighted by Crippen LogP contribution is 2.21. The van der Waals surface area contributed by atoms with Gasteiger partial charge in [0.05, 0.1) is 0 Å². The number of hydrogen-bond donors (Lipinski definition) is 4. The SMILES string of the molecule is CC(C)(C)c1cc(NC(=O)c2c[nH]c(=O)[nH]c2=O)n[nH]1. The fourth-order valence-electron chi connectivity index (χ4n) is 1.53. The molecule has 2 aromatic heterocycles. The van der Waals surface area contributed by atoms with Gasteiger partial charge in [-0.15, -0.1) is 0 Å². The fraction of sp³-hybridized carbons (Fsp3) is 0.333. The van der Waals surface area contributed by atoms with E-state index in [9.17, 15) is 14.4 Å². The number of aromatic amines is 3. The molecule has 1 amide bonds. The van der Waals surface area contributed by atoms with Gasteiger partial charge in [-0.05, 0) is 0 Å². The van der Waals surface area contributed by atoms with Gasteiger partial charge in [-0.3, -0.25) is 19.7 Å². The summed E-state index contributed by atoms with van der Waals surface area (Å²) in [5.41, 5.74) is -0.891. The van der Waals surface area contributed by atoms with E-state index in [-0.39, 0.29) is 11.0 Å². The van der Waals surface area contributed by atoms with Gasteiger partial charge < -0.3 is 10.3 Å². The highest BCUT2D eigenvalue weighted by molar-refractivity contribution is 6.03. The summed E-state index contributed by atoms with van der Waals surface area (Å²) in [6, 6.07) is 1.69. The lowest BCUT2D eigenvalue weighted by molar-refractivity contribution is 0.102. The van der Waals surface area contributed by atoms with E-state index in [1.807, 2.05) is 25.8 Å². The molecule has 0 saturated heterocycles. The summed E-state index contributed by atoms with van der Waals surface area (Å²) in [6.07, 6.45) is 1.06. The van der Waals surface area contributed by atoms with Crippen molar-refractivity contribution in [1.82, 2.24) is 20.2 Å². The van der Waals surface area contributed by atoms with Crippen molar-refractivity contribution in [2.24, 2.45) is 0 Å². The van der Waals surface area contributed by atoms with Crippen LogP contribution in [0.25, 0.3) is 0 Å². The van der Waals surface area contributed by atoms with Gasteiger partial charge in [0.25, 0.3) is 11.5 Å². The number of aromatic nitrogens is 4. The van der Waals surface area contributed by atoms with E-state index in [1.165, 1.54) is 0 Å². The minimum absolute atomic E-state index is 0.133. The minimum Gasteiger partial charge on any atom is -0.313 e. The predicted octanol–water partition coefficient (Wildman–Crippen LogP) is 0.336. The van der Waals surface area contributed by atoms with Crippen molar-refractivity contribution in [3.05, 3.63) is 44.4 Å². The number of carbonyl (C=O) groups is 1. The van der Waals surface area contributed by atoms with Gasteiger partial charge in [-0.1, -0.05) is 20.8 Å². The van der Waals surface area contributed by atoms with Crippen LogP contribution in [0.3, 0.4) is 0 Å². The largest absolute Gasteiger partial charge is 0.325 e. The summed E-state index contributed by atoms with van der Waals surface area (Å²) in [5, 5.41) is 9.26. The monoisotopic (exact) mass is 277 g/mol. The maximum absolute atomic E-state index is 11.9. The molecular formula is C12H15N5O3. The van der Waals surface area contributed by atoms with Crippen molar-refractivity contribution in [2.75, 3.05) is 5.32 Å². The van der Waals surface area contributed by atoms with E-state index in [2.05, 4.69) is 20.5 Å². The molecule has 8 nitrogen and oxygen atoms in total. The van der Waals surface area contributed by atoms with Crippen molar-refractivity contribution in [1.29, 1.82) is 0 Å². The van der Waals surface area contributed by atoms with Crippen molar-refractivity contribution >= 4 is 11.7 Å². The average Bonchev–Trinajstić information content (AvgIpc) is 2.76. The lowest BCUT2D eigenvalue weighted by atomic mass is 9.92. The molecule has 0 aliphatic heterocycles. The number of H-pyrrole nitrogens is 3. The van der Waals surface area contributed by atoms with Crippen LogP contribution in [-0.2, 0) is 5.41 Å². The molecule has 0 aliphatic carbocycles. The summed E-state index contributed by atoms with van der Waals surface area (Å²) in [5.74, 6) is -0.333. The maximum Gasteiger partial charge on any atom is 0.325 e. The van der Waals surface area contributed by atoms with Crippen LogP contribution in [0.15, 0.2) is 21.9 Å². The van der Waals surface area contributed by atoms with Crippen LogP contribution in [-0.4, -0.2) is 26.1 Å². The maximum atomic E-state index is 11.9.